The average Bonchev–Trinajstić information content (AvgIpc) is 2.57. The quantitative estimate of drug-likeness (QED) is 0.820. The van der Waals surface area contributed by atoms with Crippen molar-refractivity contribution in [3.63, 3.8) is 0 Å². The van der Waals surface area contributed by atoms with Gasteiger partial charge < -0.3 is 0 Å². The standard InChI is InChI=1S/C19H19N3/c1-14-15(2)22-19(18-10-4-6-13-21-18)11-7-8-16(14)17-9-3-5-12-20-17/h3-6,8-10,12-13H,7,11H2,1-2H3/b15-14-,16-8+,22-19+. The van der Waals surface area contributed by atoms with Gasteiger partial charge in [-0.25, -0.2) is 0 Å². The maximum absolute atomic E-state index is 4.83. The Kier molecular flexibility index (Phi) is 4.24. The van der Waals surface area contributed by atoms with Crippen LogP contribution in [0.3, 0.4) is 0 Å². The number of allylic oxidation sites excluding steroid dienone is 4. The minimum atomic E-state index is 0.887. The van der Waals surface area contributed by atoms with E-state index in [-0.39, 0.29) is 0 Å². The smallest absolute Gasteiger partial charge is 0.0844 e. The molecule has 0 spiro atoms. The van der Waals surface area contributed by atoms with E-state index >= 15 is 0 Å². The van der Waals surface area contributed by atoms with Crippen molar-refractivity contribution in [2.75, 3.05) is 0 Å². The van der Waals surface area contributed by atoms with Gasteiger partial charge in [-0.05, 0) is 56.5 Å². The molecule has 0 saturated heterocycles. The monoisotopic (exact) mass is 289 g/mol. The van der Waals surface area contributed by atoms with Gasteiger partial charge >= 0.3 is 0 Å². The van der Waals surface area contributed by atoms with Crippen molar-refractivity contribution in [2.45, 2.75) is 26.7 Å². The first-order valence-electron chi connectivity index (χ1n) is 7.54. The number of pyridine rings is 2. The van der Waals surface area contributed by atoms with Crippen molar-refractivity contribution in [3.8, 4) is 0 Å². The van der Waals surface area contributed by atoms with Crippen LogP contribution in [0.4, 0.5) is 0 Å². The molecular formula is C19H19N3. The topological polar surface area (TPSA) is 38.1 Å². The molecule has 0 saturated carbocycles. The first kappa shape index (κ1) is 14.4. The van der Waals surface area contributed by atoms with Crippen LogP contribution in [-0.4, -0.2) is 15.7 Å². The fourth-order valence-corrected chi connectivity index (χ4v) is 2.58. The molecule has 3 heteroatoms. The molecule has 110 valence electrons. The number of aromatic nitrogens is 2. The number of hydrogen-bond donors (Lipinski definition) is 0. The highest BCUT2D eigenvalue weighted by molar-refractivity contribution is 6.00. The summed E-state index contributed by atoms with van der Waals surface area (Å²) in [4.78, 5) is 13.7. The van der Waals surface area contributed by atoms with E-state index in [4.69, 9.17) is 4.99 Å². The second-order valence-corrected chi connectivity index (χ2v) is 5.36. The second kappa shape index (κ2) is 6.48. The van der Waals surface area contributed by atoms with Gasteiger partial charge in [0.1, 0.15) is 0 Å². The van der Waals surface area contributed by atoms with Crippen molar-refractivity contribution in [2.24, 2.45) is 4.99 Å². The van der Waals surface area contributed by atoms with E-state index in [1.165, 1.54) is 11.1 Å². The minimum absolute atomic E-state index is 0.887. The van der Waals surface area contributed by atoms with Gasteiger partial charge in [0.15, 0.2) is 0 Å². The summed E-state index contributed by atoms with van der Waals surface area (Å²) in [7, 11) is 0. The summed E-state index contributed by atoms with van der Waals surface area (Å²) in [5.74, 6) is 0. The van der Waals surface area contributed by atoms with Gasteiger partial charge in [0.05, 0.1) is 17.1 Å². The molecule has 0 radical (unpaired) electrons. The molecule has 0 bridgehead atoms. The van der Waals surface area contributed by atoms with E-state index in [0.717, 1.165) is 35.6 Å². The highest BCUT2D eigenvalue weighted by atomic mass is 14.8. The molecule has 1 aliphatic rings. The number of aliphatic imine (C=N–C) groups is 1. The zero-order valence-corrected chi connectivity index (χ0v) is 13.0. The van der Waals surface area contributed by atoms with E-state index in [1.807, 2.05) is 48.8 Å². The Bertz CT molecular complexity index is 741. The molecule has 0 amide bonds. The predicted octanol–water partition coefficient (Wildman–Crippen LogP) is 4.44. The molecule has 0 atom stereocenters. The molecule has 0 fully saturated rings. The molecule has 3 nitrogen and oxygen atoms in total. The Balaban J connectivity index is 2.01. The van der Waals surface area contributed by atoms with Gasteiger partial charge in [-0.2, -0.15) is 0 Å². The summed E-state index contributed by atoms with van der Waals surface area (Å²) in [6, 6.07) is 12.0. The van der Waals surface area contributed by atoms with E-state index < -0.39 is 0 Å². The van der Waals surface area contributed by atoms with Crippen LogP contribution in [0.5, 0.6) is 0 Å². The molecule has 0 N–H and O–H groups in total. The summed E-state index contributed by atoms with van der Waals surface area (Å²) in [5.41, 5.74) is 6.40. The fraction of sp³-hybridized carbons (Fsp3) is 0.211. The van der Waals surface area contributed by atoms with Crippen LogP contribution in [0.25, 0.3) is 5.57 Å². The number of nitrogens with zero attached hydrogens (tertiary/aromatic N) is 3. The maximum Gasteiger partial charge on any atom is 0.0844 e. The molecule has 0 aromatic carbocycles. The van der Waals surface area contributed by atoms with Crippen molar-refractivity contribution >= 4 is 11.3 Å². The molecule has 3 heterocycles. The Hall–Kier alpha value is -2.55. The molecule has 2 aromatic heterocycles. The van der Waals surface area contributed by atoms with Gasteiger partial charge in [-0.15, -0.1) is 0 Å². The van der Waals surface area contributed by atoms with Crippen LogP contribution in [0.1, 0.15) is 38.1 Å². The third-order valence-corrected chi connectivity index (χ3v) is 3.88. The zero-order valence-electron chi connectivity index (χ0n) is 13.0. The number of rotatable bonds is 2. The zero-order chi connectivity index (χ0) is 15.4. The van der Waals surface area contributed by atoms with Gasteiger partial charge in [-0.3, -0.25) is 15.0 Å². The first-order valence-corrected chi connectivity index (χ1v) is 7.54. The Morgan fingerprint density at radius 2 is 1.55 bits per heavy atom. The Labute approximate surface area is 131 Å². The van der Waals surface area contributed by atoms with Crippen molar-refractivity contribution < 1.29 is 0 Å². The van der Waals surface area contributed by atoms with Crippen molar-refractivity contribution in [1.29, 1.82) is 0 Å². The van der Waals surface area contributed by atoms with E-state index in [2.05, 4.69) is 29.9 Å². The third kappa shape index (κ3) is 3.03. The summed E-state index contributed by atoms with van der Waals surface area (Å²) >= 11 is 0. The molecule has 2 aromatic rings. The summed E-state index contributed by atoms with van der Waals surface area (Å²) < 4.78 is 0. The summed E-state index contributed by atoms with van der Waals surface area (Å²) in [5, 5.41) is 0. The average molecular weight is 289 g/mol. The van der Waals surface area contributed by atoms with Crippen LogP contribution in [0.2, 0.25) is 0 Å². The Morgan fingerprint density at radius 1 is 0.864 bits per heavy atom. The van der Waals surface area contributed by atoms with Crippen LogP contribution < -0.4 is 0 Å². The predicted molar refractivity (Wildman–Crippen MR) is 90.6 cm³/mol. The lowest BCUT2D eigenvalue weighted by atomic mass is 9.97. The van der Waals surface area contributed by atoms with Gasteiger partial charge in [0.25, 0.3) is 0 Å². The van der Waals surface area contributed by atoms with Crippen LogP contribution in [-0.2, 0) is 0 Å². The minimum Gasteiger partial charge on any atom is -0.256 e. The molecule has 0 aliphatic carbocycles. The summed E-state index contributed by atoms with van der Waals surface area (Å²) in [6.07, 6.45) is 7.74. The lowest BCUT2D eigenvalue weighted by Crippen LogP contribution is -2.06. The van der Waals surface area contributed by atoms with Gasteiger partial charge in [0, 0.05) is 23.7 Å². The largest absolute Gasteiger partial charge is 0.256 e. The lowest BCUT2D eigenvalue weighted by molar-refractivity contribution is 1.05. The van der Waals surface area contributed by atoms with E-state index in [0.29, 0.717) is 0 Å². The van der Waals surface area contributed by atoms with Crippen molar-refractivity contribution in [3.05, 3.63) is 77.5 Å². The lowest BCUT2D eigenvalue weighted by Gasteiger charge is -2.14. The van der Waals surface area contributed by atoms with E-state index in [9.17, 15) is 0 Å². The normalized spacial score (nSPS) is 23.7. The molecular weight excluding hydrogens is 270 g/mol. The van der Waals surface area contributed by atoms with Crippen LogP contribution in [0, 0.1) is 0 Å². The van der Waals surface area contributed by atoms with Crippen LogP contribution in [0.15, 0.2) is 71.1 Å². The van der Waals surface area contributed by atoms with Gasteiger partial charge in [-0.1, -0.05) is 18.2 Å². The second-order valence-electron chi connectivity index (χ2n) is 5.36. The Morgan fingerprint density at radius 3 is 2.18 bits per heavy atom. The SMILES string of the molecule is CC1=C(C)/C(c2ccccn2)=C\CC/C(c2ccccn2)=N\1. The molecule has 1 aliphatic heterocycles. The molecule has 3 rings (SSSR count). The van der Waals surface area contributed by atoms with E-state index in [1.54, 1.807) is 0 Å². The summed E-state index contributed by atoms with van der Waals surface area (Å²) in [6.45, 7) is 4.17. The highest BCUT2D eigenvalue weighted by Crippen LogP contribution is 2.27. The maximum atomic E-state index is 4.83. The van der Waals surface area contributed by atoms with Crippen LogP contribution >= 0.6 is 0 Å². The van der Waals surface area contributed by atoms with Gasteiger partial charge in [0.2, 0.25) is 0 Å². The number of hydrogen-bond acceptors (Lipinski definition) is 3. The molecule has 0 unspecified atom stereocenters. The fourth-order valence-electron chi connectivity index (χ4n) is 2.58. The highest BCUT2D eigenvalue weighted by Gasteiger charge is 2.13. The molecule has 22 heavy (non-hydrogen) atoms. The third-order valence-electron chi connectivity index (χ3n) is 3.88. The first-order chi connectivity index (χ1) is 10.8. The van der Waals surface area contributed by atoms with Crippen molar-refractivity contribution in [1.82, 2.24) is 9.97 Å².